The first-order valence-electron chi connectivity index (χ1n) is 9.39. The second-order valence-electron chi connectivity index (χ2n) is 6.94. The zero-order valence-corrected chi connectivity index (χ0v) is 16.3. The van der Waals surface area contributed by atoms with E-state index >= 15 is 0 Å². The van der Waals surface area contributed by atoms with Gasteiger partial charge in [-0.25, -0.2) is 8.42 Å². The molecule has 2 heterocycles. The minimum atomic E-state index is -3.59. The van der Waals surface area contributed by atoms with Crippen molar-refractivity contribution < 1.29 is 23.0 Å². The van der Waals surface area contributed by atoms with Crippen LogP contribution in [0.5, 0.6) is 11.5 Å². The third-order valence-corrected chi connectivity index (χ3v) is 6.99. The SMILES string of the molecule is O=S(=O)(c1ccc2c(c1)OCCO2)N1CCN(C[C@H](O)c2ccccc2)CC1. The fourth-order valence-electron chi connectivity index (χ4n) is 3.51. The maximum absolute atomic E-state index is 13.0. The molecule has 150 valence electrons. The van der Waals surface area contributed by atoms with Crippen molar-refractivity contribution in [1.82, 2.24) is 9.21 Å². The maximum Gasteiger partial charge on any atom is 0.243 e. The summed E-state index contributed by atoms with van der Waals surface area (Å²) in [5.74, 6) is 1.04. The van der Waals surface area contributed by atoms with Gasteiger partial charge >= 0.3 is 0 Å². The predicted octanol–water partition coefficient (Wildman–Crippen LogP) is 1.50. The Balaban J connectivity index is 1.39. The number of benzene rings is 2. The summed E-state index contributed by atoms with van der Waals surface area (Å²) in [6, 6.07) is 14.3. The standard InChI is InChI=1S/C20H24N2O5S/c23-18(16-4-2-1-3-5-16)15-21-8-10-22(11-9-21)28(24,25)17-6-7-19-20(14-17)27-13-12-26-19/h1-7,14,18,23H,8-13,15H2/t18-/m0/s1. The number of ether oxygens (including phenoxy) is 2. The molecule has 4 rings (SSSR count). The Morgan fingerprint density at radius 3 is 2.32 bits per heavy atom. The molecule has 0 unspecified atom stereocenters. The van der Waals surface area contributed by atoms with Gasteiger partial charge in [0.1, 0.15) is 13.2 Å². The first-order valence-corrected chi connectivity index (χ1v) is 10.8. The Morgan fingerprint density at radius 1 is 0.929 bits per heavy atom. The third-order valence-electron chi connectivity index (χ3n) is 5.10. The summed E-state index contributed by atoms with van der Waals surface area (Å²) >= 11 is 0. The van der Waals surface area contributed by atoms with Gasteiger partial charge in [-0.3, -0.25) is 4.90 Å². The van der Waals surface area contributed by atoms with E-state index in [4.69, 9.17) is 9.47 Å². The van der Waals surface area contributed by atoms with E-state index in [0.29, 0.717) is 57.4 Å². The van der Waals surface area contributed by atoms with Crippen molar-refractivity contribution in [3.8, 4) is 11.5 Å². The van der Waals surface area contributed by atoms with Gasteiger partial charge in [-0.2, -0.15) is 4.31 Å². The summed E-state index contributed by atoms with van der Waals surface area (Å²) in [6.45, 7) is 3.30. The number of sulfonamides is 1. The highest BCUT2D eigenvalue weighted by Crippen LogP contribution is 2.33. The first kappa shape index (κ1) is 19.2. The van der Waals surface area contributed by atoms with Crippen LogP contribution in [0, 0.1) is 0 Å². The predicted molar refractivity (Wildman–Crippen MR) is 104 cm³/mol. The van der Waals surface area contributed by atoms with Crippen molar-refractivity contribution in [3.63, 3.8) is 0 Å². The molecule has 28 heavy (non-hydrogen) atoms. The first-order chi connectivity index (χ1) is 13.5. The van der Waals surface area contributed by atoms with Gasteiger partial charge in [-0.05, 0) is 17.7 Å². The maximum atomic E-state index is 13.0. The van der Waals surface area contributed by atoms with Crippen LogP contribution >= 0.6 is 0 Å². The van der Waals surface area contributed by atoms with E-state index in [1.54, 1.807) is 12.1 Å². The lowest BCUT2D eigenvalue weighted by atomic mass is 10.1. The average molecular weight is 404 g/mol. The molecule has 0 saturated carbocycles. The monoisotopic (exact) mass is 404 g/mol. The number of hydrogen-bond acceptors (Lipinski definition) is 6. The molecule has 1 atom stereocenters. The fourth-order valence-corrected chi connectivity index (χ4v) is 4.95. The topological polar surface area (TPSA) is 79.3 Å². The number of fused-ring (bicyclic) bond motifs is 1. The molecule has 0 aliphatic carbocycles. The summed E-state index contributed by atoms with van der Waals surface area (Å²) in [5.41, 5.74) is 0.869. The van der Waals surface area contributed by atoms with Crippen molar-refractivity contribution in [2.24, 2.45) is 0 Å². The Labute approximate surface area is 165 Å². The number of rotatable bonds is 5. The Morgan fingerprint density at radius 2 is 1.61 bits per heavy atom. The van der Waals surface area contributed by atoms with Gasteiger partial charge in [0.2, 0.25) is 10.0 Å². The van der Waals surface area contributed by atoms with Gasteiger partial charge in [0.05, 0.1) is 11.0 Å². The van der Waals surface area contributed by atoms with E-state index in [1.165, 1.54) is 10.4 Å². The van der Waals surface area contributed by atoms with Crippen LogP contribution in [0.3, 0.4) is 0 Å². The van der Waals surface area contributed by atoms with Gasteiger partial charge in [0.25, 0.3) is 0 Å². The van der Waals surface area contributed by atoms with Crippen LogP contribution < -0.4 is 9.47 Å². The summed E-state index contributed by atoms with van der Waals surface area (Å²) in [6.07, 6.45) is -0.581. The van der Waals surface area contributed by atoms with Crippen LogP contribution in [0.15, 0.2) is 53.4 Å². The Bertz CT molecular complexity index is 911. The molecule has 0 spiro atoms. The molecule has 2 aliphatic rings. The van der Waals surface area contributed by atoms with E-state index in [9.17, 15) is 13.5 Å². The second-order valence-corrected chi connectivity index (χ2v) is 8.87. The largest absolute Gasteiger partial charge is 0.486 e. The number of aliphatic hydroxyl groups is 1. The smallest absolute Gasteiger partial charge is 0.243 e. The molecule has 1 saturated heterocycles. The molecule has 1 fully saturated rings. The van der Waals surface area contributed by atoms with Crippen LogP contribution in [0.1, 0.15) is 11.7 Å². The molecule has 2 aromatic rings. The minimum absolute atomic E-state index is 0.217. The van der Waals surface area contributed by atoms with Crippen LogP contribution in [-0.4, -0.2) is 68.7 Å². The summed E-state index contributed by atoms with van der Waals surface area (Å²) in [5, 5.41) is 10.4. The van der Waals surface area contributed by atoms with E-state index in [1.807, 2.05) is 30.3 Å². The Hall–Kier alpha value is -2.13. The molecule has 2 aliphatic heterocycles. The zero-order valence-electron chi connectivity index (χ0n) is 15.5. The van der Waals surface area contributed by atoms with Crippen LogP contribution in [0.2, 0.25) is 0 Å². The zero-order chi connectivity index (χ0) is 19.6. The number of nitrogens with zero attached hydrogens (tertiary/aromatic N) is 2. The van der Waals surface area contributed by atoms with Crippen LogP contribution in [0.4, 0.5) is 0 Å². The van der Waals surface area contributed by atoms with Crippen LogP contribution in [0.25, 0.3) is 0 Å². The lowest BCUT2D eigenvalue weighted by molar-refractivity contribution is 0.0921. The normalized spacial score (nSPS) is 19.3. The molecule has 0 aromatic heterocycles. The van der Waals surface area contributed by atoms with Gasteiger partial charge in [-0.15, -0.1) is 0 Å². The minimum Gasteiger partial charge on any atom is -0.486 e. The highest BCUT2D eigenvalue weighted by Gasteiger charge is 2.30. The summed E-state index contributed by atoms with van der Waals surface area (Å²) in [4.78, 5) is 2.31. The van der Waals surface area contributed by atoms with Gasteiger partial charge in [0.15, 0.2) is 11.5 Å². The Kier molecular flexibility index (Phi) is 5.54. The number of piperazine rings is 1. The van der Waals surface area contributed by atoms with Crippen LogP contribution in [-0.2, 0) is 10.0 Å². The van der Waals surface area contributed by atoms with Crippen molar-refractivity contribution in [2.75, 3.05) is 45.9 Å². The van der Waals surface area contributed by atoms with Crippen molar-refractivity contribution in [2.45, 2.75) is 11.0 Å². The molecular weight excluding hydrogens is 380 g/mol. The molecule has 0 radical (unpaired) electrons. The van der Waals surface area contributed by atoms with E-state index in [2.05, 4.69) is 4.90 Å². The summed E-state index contributed by atoms with van der Waals surface area (Å²) < 4.78 is 38.4. The van der Waals surface area contributed by atoms with Crippen molar-refractivity contribution in [3.05, 3.63) is 54.1 Å². The number of aliphatic hydroxyl groups excluding tert-OH is 1. The number of β-amino-alcohol motifs (C(OH)–C–C–N with tert-alkyl or cyclic N) is 1. The van der Waals surface area contributed by atoms with Crippen molar-refractivity contribution >= 4 is 10.0 Å². The van der Waals surface area contributed by atoms with E-state index in [-0.39, 0.29) is 4.90 Å². The van der Waals surface area contributed by atoms with Gasteiger partial charge in [0, 0.05) is 38.8 Å². The molecule has 0 amide bonds. The third kappa shape index (κ3) is 4.00. The summed E-state index contributed by atoms with van der Waals surface area (Å²) in [7, 11) is -3.59. The molecule has 0 bridgehead atoms. The second kappa shape index (κ2) is 8.08. The van der Waals surface area contributed by atoms with E-state index in [0.717, 1.165) is 5.56 Å². The quantitative estimate of drug-likeness (QED) is 0.814. The highest BCUT2D eigenvalue weighted by atomic mass is 32.2. The molecular formula is C20H24N2O5S. The fraction of sp³-hybridized carbons (Fsp3) is 0.400. The lowest BCUT2D eigenvalue weighted by Gasteiger charge is -2.35. The van der Waals surface area contributed by atoms with Crippen molar-refractivity contribution in [1.29, 1.82) is 0 Å². The van der Waals surface area contributed by atoms with Gasteiger partial charge < -0.3 is 14.6 Å². The van der Waals surface area contributed by atoms with Gasteiger partial charge in [-0.1, -0.05) is 30.3 Å². The highest BCUT2D eigenvalue weighted by molar-refractivity contribution is 7.89. The molecule has 8 heteroatoms. The molecule has 1 N–H and O–H groups in total. The molecule has 7 nitrogen and oxygen atoms in total. The number of hydrogen-bond donors (Lipinski definition) is 1. The average Bonchev–Trinajstić information content (AvgIpc) is 2.74. The molecule has 2 aromatic carbocycles. The van der Waals surface area contributed by atoms with E-state index < -0.39 is 16.1 Å². The lowest BCUT2D eigenvalue weighted by Crippen LogP contribution is -2.49.